The topological polar surface area (TPSA) is 67.8 Å². The molecule has 0 radical (unpaired) electrons. The van der Waals surface area contributed by atoms with E-state index < -0.39 is 5.60 Å². The van der Waals surface area contributed by atoms with Crippen LogP contribution in [0.1, 0.15) is 86.8 Å². The zero-order valence-corrected chi connectivity index (χ0v) is 23.7. The summed E-state index contributed by atoms with van der Waals surface area (Å²) in [5.41, 5.74) is 5.09. The van der Waals surface area contributed by atoms with Crippen molar-refractivity contribution in [3.63, 3.8) is 0 Å². The van der Waals surface area contributed by atoms with Crippen LogP contribution in [-0.2, 0) is 20.9 Å². The molecule has 0 saturated heterocycles. The Bertz CT molecular complexity index is 976. The number of carbonyl (C=O) groups is 2. The summed E-state index contributed by atoms with van der Waals surface area (Å²) in [7, 11) is 0. The third-order valence-corrected chi connectivity index (χ3v) is 5.55. The molecule has 1 rings (SSSR count). The van der Waals surface area contributed by atoms with Crippen molar-refractivity contribution in [1.29, 1.82) is 0 Å². The van der Waals surface area contributed by atoms with Gasteiger partial charge in [-0.15, -0.1) is 0 Å². The molecule has 0 aromatic heterocycles. The monoisotopic (exact) mass is 482 g/mol. The minimum atomic E-state index is -0.521. The van der Waals surface area contributed by atoms with Gasteiger partial charge < -0.3 is 10.1 Å². The molecule has 35 heavy (non-hydrogen) atoms. The zero-order valence-electron chi connectivity index (χ0n) is 23.7. The summed E-state index contributed by atoms with van der Waals surface area (Å²) in [6, 6.07) is 5.82. The normalized spacial score (nSPS) is 14.5. The molecule has 0 fully saturated rings. The molecule has 1 N–H and O–H groups in total. The standard InChI is InChI=1S/C30H46N2O3/c1-12-25(16-22(7)23(8)33)28(20(4)5)32-26-17-24(14-13-21(26)6)18-31-27(15-19(2)3)29(34)35-30(9,10)11/h12-14,16-17,19-20,27,31H,15,18H2,1-11H3/b22-16-,25-12+,32-28+. The van der Waals surface area contributed by atoms with Crippen LogP contribution in [0.5, 0.6) is 0 Å². The van der Waals surface area contributed by atoms with E-state index in [0.717, 1.165) is 28.1 Å². The lowest BCUT2D eigenvalue weighted by Crippen LogP contribution is -2.41. The van der Waals surface area contributed by atoms with Crippen LogP contribution in [0, 0.1) is 18.8 Å². The largest absolute Gasteiger partial charge is 0.459 e. The SMILES string of the molecule is C/C=C(\C=C(\C)C(C)=O)C(=N/c1cc(CNC(CC(C)C)C(=O)OC(C)(C)C)ccc1C)/C(C)C. The maximum Gasteiger partial charge on any atom is 0.323 e. The molecule has 1 aromatic carbocycles. The van der Waals surface area contributed by atoms with E-state index in [2.05, 4.69) is 51.2 Å². The van der Waals surface area contributed by atoms with E-state index in [1.54, 1.807) is 6.92 Å². The lowest BCUT2D eigenvalue weighted by Gasteiger charge is -2.25. The molecule has 0 aliphatic heterocycles. The number of aliphatic imine (C=N–C) groups is 1. The van der Waals surface area contributed by atoms with Crippen molar-refractivity contribution < 1.29 is 14.3 Å². The van der Waals surface area contributed by atoms with Crippen molar-refractivity contribution in [3.8, 4) is 0 Å². The van der Waals surface area contributed by atoms with E-state index in [1.807, 2.05) is 53.7 Å². The molecule has 1 unspecified atom stereocenters. The van der Waals surface area contributed by atoms with Crippen LogP contribution in [0.25, 0.3) is 0 Å². The first-order chi connectivity index (χ1) is 16.1. The highest BCUT2D eigenvalue weighted by Gasteiger charge is 2.25. The molecular formula is C30H46N2O3. The molecule has 0 amide bonds. The number of nitrogens with zero attached hydrogens (tertiary/aromatic N) is 1. The third kappa shape index (κ3) is 10.7. The molecular weight excluding hydrogens is 436 g/mol. The smallest absolute Gasteiger partial charge is 0.323 e. The Balaban J connectivity index is 3.26. The number of allylic oxidation sites excluding steroid dienone is 4. The number of ketones is 1. The Hall–Kier alpha value is -2.53. The molecule has 0 aliphatic rings. The Morgan fingerprint density at radius 1 is 1.11 bits per heavy atom. The van der Waals surface area contributed by atoms with Crippen molar-refractivity contribution >= 4 is 23.2 Å². The lowest BCUT2D eigenvalue weighted by atomic mass is 9.96. The first-order valence-electron chi connectivity index (χ1n) is 12.6. The van der Waals surface area contributed by atoms with Gasteiger partial charge in [-0.1, -0.05) is 45.9 Å². The molecule has 1 aromatic rings. The fraction of sp³-hybridized carbons (Fsp3) is 0.567. The summed E-state index contributed by atoms with van der Waals surface area (Å²) < 4.78 is 5.64. The van der Waals surface area contributed by atoms with Crippen molar-refractivity contribution in [2.45, 2.75) is 101 Å². The van der Waals surface area contributed by atoms with Crippen molar-refractivity contribution in [2.75, 3.05) is 0 Å². The van der Waals surface area contributed by atoms with Gasteiger partial charge in [0, 0.05) is 6.54 Å². The average molecular weight is 483 g/mol. The van der Waals surface area contributed by atoms with Crippen LogP contribution < -0.4 is 5.32 Å². The fourth-order valence-electron chi connectivity index (χ4n) is 3.53. The quantitative estimate of drug-likeness (QED) is 0.159. The predicted molar refractivity (Wildman–Crippen MR) is 147 cm³/mol. The van der Waals surface area contributed by atoms with Crippen LogP contribution >= 0.6 is 0 Å². The summed E-state index contributed by atoms with van der Waals surface area (Å²) in [5.74, 6) is 0.375. The first kappa shape index (κ1) is 30.5. The number of Topliss-reactive ketones (excluding diaryl/α,β-unsaturated/α-hetero) is 1. The van der Waals surface area contributed by atoms with Crippen molar-refractivity contribution in [2.24, 2.45) is 16.8 Å². The Labute approximate surface area is 213 Å². The number of carbonyl (C=O) groups excluding carboxylic acids is 2. The zero-order chi connectivity index (χ0) is 26.9. The highest BCUT2D eigenvalue weighted by molar-refractivity contribution is 6.07. The minimum absolute atomic E-state index is 0.0534. The molecule has 0 aliphatic carbocycles. The van der Waals surface area contributed by atoms with Crippen LogP contribution in [0.2, 0.25) is 0 Å². The van der Waals surface area contributed by atoms with Gasteiger partial charge in [0.1, 0.15) is 11.6 Å². The number of ether oxygens (including phenoxy) is 1. The second-order valence-corrected chi connectivity index (χ2v) is 11.0. The van der Waals surface area contributed by atoms with E-state index in [9.17, 15) is 9.59 Å². The molecule has 0 bridgehead atoms. The van der Waals surface area contributed by atoms with Gasteiger partial charge in [-0.2, -0.15) is 0 Å². The number of aryl methyl sites for hydroxylation is 1. The number of hydrogen-bond donors (Lipinski definition) is 1. The van der Waals surface area contributed by atoms with Crippen molar-refractivity contribution in [1.82, 2.24) is 5.32 Å². The van der Waals surface area contributed by atoms with Gasteiger partial charge in [0.25, 0.3) is 0 Å². The maximum absolute atomic E-state index is 12.8. The number of benzene rings is 1. The third-order valence-electron chi connectivity index (χ3n) is 5.55. The molecule has 194 valence electrons. The summed E-state index contributed by atoms with van der Waals surface area (Å²) in [5, 5.41) is 3.40. The predicted octanol–water partition coefficient (Wildman–Crippen LogP) is 7.05. The van der Waals surface area contributed by atoms with Crippen LogP contribution in [0.15, 0.2) is 46.5 Å². The van der Waals surface area contributed by atoms with Gasteiger partial charge >= 0.3 is 5.97 Å². The van der Waals surface area contributed by atoms with Crippen molar-refractivity contribution in [3.05, 3.63) is 52.6 Å². The van der Waals surface area contributed by atoms with Gasteiger partial charge in [0.15, 0.2) is 5.78 Å². The van der Waals surface area contributed by atoms with Crippen LogP contribution in [-0.4, -0.2) is 29.1 Å². The summed E-state index contributed by atoms with van der Waals surface area (Å²) in [4.78, 5) is 29.6. The lowest BCUT2D eigenvalue weighted by molar-refractivity contribution is -0.158. The van der Waals surface area contributed by atoms with E-state index in [4.69, 9.17) is 9.73 Å². The second-order valence-electron chi connectivity index (χ2n) is 11.0. The number of hydrogen-bond acceptors (Lipinski definition) is 5. The molecule has 0 spiro atoms. The summed E-state index contributed by atoms with van der Waals surface area (Å²) in [6.45, 7) is 22.1. The minimum Gasteiger partial charge on any atom is -0.459 e. The fourth-order valence-corrected chi connectivity index (χ4v) is 3.53. The highest BCUT2D eigenvalue weighted by atomic mass is 16.6. The number of rotatable bonds is 11. The first-order valence-corrected chi connectivity index (χ1v) is 12.6. The Morgan fingerprint density at radius 2 is 1.74 bits per heavy atom. The summed E-state index contributed by atoms with van der Waals surface area (Å²) in [6.07, 6.45) is 4.62. The Morgan fingerprint density at radius 3 is 2.23 bits per heavy atom. The van der Waals surface area contributed by atoms with E-state index in [-0.39, 0.29) is 23.7 Å². The molecule has 0 heterocycles. The van der Waals surface area contributed by atoms with Crippen LogP contribution in [0.4, 0.5) is 5.69 Å². The van der Waals surface area contributed by atoms with Gasteiger partial charge in [-0.3, -0.25) is 14.6 Å². The van der Waals surface area contributed by atoms with Gasteiger partial charge in [-0.25, -0.2) is 0 Å². The highest BCUT2D eigenvalue weighted by Crippen LogP contribution is 2.25. The molecule has 5 nitrogen and oxygen atoms in total. The molecule has 0 saturated carbocycles. The van der Waals surface area contributed by atoms with E-state index in [1.165, 1.54) is 0 Å². The second kappa shape index (κ2) is 13.5. The molecule has 1 atom stereocenters. The molecule has 5 heteroatoms. The van der Waals surface area contributed by atoms with Gasteiger partial charge in [0.2, 0.25) is 0 Å². The number of nitrogens with one attached hydrogen (secondary N) is 1. The van der Waals surface area contributed by atoms with Crippen LogP contribution in [0.3, 0.4) is 0 Å². The van der Waals surface area contributed by atoms with E-state index in [0.29, 0.717) is 24.5 Å². The van der Waals surface area contributed by atoms with Gasteiger partial charge in [0.05, 0.1) is 11.4 Å². The number of esters is 1. The average Bonchev–Trinajstić information content (AvgIpc) is 2.73. The van der Waals surface area contributed by atoms with E-state index >= 15 is 0 Å². The Kier molecular flexibility index (Phi) is 11.8. The maximum atomic E-state index is 12.8. The van der Waals surface area contributed by atoms with Gasteiger partial charge in [-0.05, 0) is 101 Å². The summed E-state index contributed by atoms with van der Waals surface area (Å²) >= 11 is 0.